The summed E-state index contributed by atoms with van der Waals surface area (Å²) in [6.45, 7) is 2.00. The van der Waals surface area contributed by atoms with E-state index in [1.54, 1.807) is 6.07 Å². The molecule has 0 radical (unpaired) electrons. The molecule has 2 nitrogen and oxygen atoms in total. The maximum Gasteiger partial charge on any atom is 0.139 e. The zero-order chi connectivity index (χ0) is 13.3. The quantitative estimate of drug-likeness (QED) is 0.728. The van der Waals surface area contributed by atoms with Crippen LogP contribution in [0.2, 0.25) is 0 Å². The molecule has 0 heterocycles. The van der Waals surface area contributed by atoms with Crippen molar-refractivity contribution in [2.45, 2.75) is 6.92 Å². The number of benzene rings is 2. The third-order valence-corrected chi connectivity index (χ3v) is 4.03. The van der Waals surface area contributed by atoms with Crippen LogP contribution in [-0.4, -0.2) is 0 Å². The van der Waals surface area contributed by atoms with Gasteiger partial charge < -0.3 is 11.1 Å². The fourth-order valence-corrected chi connectivity index (χ4v) is 2.14. The lowest BCUT2D eigenvalue weighted by atomic mass is 10.2. The van der Waals surface area contributed by atoms with E-state index in [0.717, 1.165) is 15.7 Å². The number of rotatable bonds is 2. The molecule has 0 saturated carbocycles. The lowest BCUT2D eigenvalue weighted by Crippen LogP contribution is -1.98. The average molecular weight is 374 g/mol. The summed E-state index contributed by atoms with van der Waals surface area (Å²) in [5, 5.41) is 3.17. The molecule has 0 fully saturated rings. The zero-order valence-electron chi connectivity index (χ0n) is 9.60. The van der Waals surface area contributed by atoms with E-state index >= 15 is 0 Å². The summed E-state index contributed by atoms with van der Waals surface area (Å²) in [5.74, 6) is -0.370. The first-order valence-electron chi connectivity index (χ1n) is 5.25. The second kappa shape index (κ2) is 5.28. The molecule has 3 N–H and O–H groups in total. The van der Waals surface area contributed by atoms with Gasteiger partial charge in [-0.05, 0) is 52.7 Å². The highest BCUT2D eigenvalue weighted by atomic mass is 79.9. The van der Waals surface area contributed by atoms with Crippen LogP contribution >= 0.6 is 31.9 Å². The van der Waals surface area contributed by atoms with Gasteiger partial charge in [-0.15, -0.1) is 0 Å². The Kier molecular flexibility index (Phi) is 3.92. The van der Waals surface area contributed by atoms with Crippen molar-refractivity contribution in [1.29, 1.82) is 0 Å². The van der Waals surface area contributed by atoms with E-state index in [2.05, 4.69) is 37.2 Å². The molecule has 0 saturated heterocycles. The lowest BCUT2D eigenvalue weighted by molar-refractivity contribution is 0.622. The van der Waals surface area contributed by atoms with Crippen molar-refractivity contribution in [1.82, 2.24) is 0 Å². The predicted molar refractivity (Wildman–Crippen MR) is 80.7 cm³/mol. The zero-order valence-corrected chi connectivity index (χ0v) is 12.8. The third-order valence-electron chi connectivity index (χ3n) is 2.53. The topological polar surface area (TPSA) is 38.0 Å². The van der Waals surface area contributed by atoms with Crippen molar-refractivity contribution in [3.63, 3.8) is 0 Å². The Morgan fingerprint density at radius 1 is 1.11 bits per heavy atom. The summed E-state index contributed by atoms with van der Waals surface area (Å²) in [5.41, 5.74) is 8.83. The van der Waals surface area contributed by atoms with Crippen molar-refractivity contribution in [2.24, 2.45) is 0 Å². The van der Waals surface area contributed by atoms with Gasteiger partial charge in [-0.2, -0.15) is 0 Å². The van der Waals surface area contributed by atoms with Crippen molar-refractivity contribution in [3.05, 3.63) is 50.7 Å². The van der Waals surface area contributed by atoms with E-state index in [0.29, 0.717) is 15.8 Å². The minimum absolute atomic E-state index is 0.370. The Labute approximate surface area is 122 Å². The van der Waals surface area contributed by atoms with Crippen molar-refractivity contribution in [2.75, 3.05) is 11.1 Å². The first-order valence-corrected chi connectivity index (χ1v) is 6.83. The van der Waals surface area contributed by atoms with Crippen LogP contribution in [0.25, 0.3) is 0 Å². The van der Waals surface area contributed by atoms with Gasteiger partial charge in [0.2, 0.25) is 0 Å². The van der Waals surface area contributed by atoms with Crippen LogP contribution < -0.4 is 11.1 Å². The Morgan fingerprint density at radius 3 is 2.50 bits per heavy atom. The average Bonchev–Trinajstić information content (AvgIpc) is 2.31. The number of nitrogen functional groups attached to an aromatic ring is 1. The van der Waals surface area contributed by atoms with Gasteiger partial charge in [0.15, 0.2) is 0 Å². The molecular weight excluding hydrogens is 363 g/mol. The van der Waals surface area contributed by atoms with E-state index in [1.165, 1.54) is 6.07 Å². The van der Waals surface area contributed by atoms with Gasteiger partial charge in [-0.25, -0.2) is 4.39 Å². The summed E-state index contributed by atoms with van der Waals surface area (Å²) in [6, 6.07) is 8.78. The fraction of sp³-hybridized carbons (Fsp3) is 0.0769. The van der Waals surface area contributed by atoms with Gasteiger partial charge in [0.1, 0.15) is 5.82 Å². The highest BCUT2D eigenvalue weighted by Gasteiger charge is 2.06. The normalized spacial score (nSPS) is 10.4. The van der Waals surface area contributed by atoms with E-state index in [-0.39, 0.29) is 5.82 Å². The molecule has 2 aromatic carbocycles. The molecule has 0 aromatic heterocycles. The van der Waals surface area contributed by atoms with E-state index < -0.39 is 0 Å². The van der Waals surface area contributed by atoms with Crippen molar-refractivity contribution >= 4 is 48.9 Å². The summed E-state index contributed by atoms with van der Waals surface area (Å²) in [6.07, 6.45) is 0. The minimum Gasteiger partial charge on any atom is -0.397 e. The Bertz CT molecular complexity index is 600. The predicted octanol–water partition coefficient (Wildman–Crippen LogP) is 4.98. The second-order valence-electron chi connectivity index (χ2n) is 3.94. The highest BCUT2D eigenvalue weighted by Crippen LogP contribution is 2.30. The molecule has 0 aliphatic rings. The van der Waals surface area contributed by atoms with Crippen LogP contribution in [0.3, 0.4) is 0 Å². The molecule has 0 amide bonds. The number of aryl methyl sites for hydroxylation is 1. The molecule has 5 heteroatoms. The number of nitrogens with one attached hydrogen (secondary N) is 1. The van der Waals surface area contributed by atoms with Crippen LogP contribution in [0, 0.1) is 12.7 Å². The highest BCUT2D eigenvalue weighted by molar-refractivity contribution is 9.10. The Morgan fingerprint density at radius 2 is 1.83 bits per heavy atom. The fourth-order valence-electron chi connectivity index (χ4n) is 1.55. The molecule has 0 unspecified atom stereocenters. The molecule has 94 valence electrons. The monoisotopic (exact) mass is 372 g/mol. The maximum atomic E-state index is 13.3. The standard InChI is InChI=1S/C13H11Br2FN2/c1-7-4-8(2-3-9(7)14)18-13-5-10(15)11(16)6-12(13)17/h2-6,18H,17H2,1H3. The van der Waals surface area contributed by atoms with Crippen LogP contribution in [0.4, 0.5) is 21.5 Å². The van der Waals surface area contributed by atoms with Gasteiger partial charge in [-0.3, -0.25) is 0 Å². The molecule has 0 bridgehead atoms. The van der Waals surface area contributed by atoms with Gasteiger partial charge in [0, 0.05) is 16.2 Å². The molecule has 2 aromatic rings. The third kappa shape index (κ3) is 2.84. The van der Waals surface area contributed by atoms with Crippen LogP contribution in [0.1, 0.15) is 5.56 Å². The number of hydrogen-bond acceptors (Lipinski definition) is 2. The van der Waals surface area contributed by atoms with Gasteiger partial charge >= 0.3 is 0 Å². The largest absolute Gasteiger partial charge is 0.397 e. The van der Waals surface area contributed by atoms with E-state index in [9.17, 15) is 4.39 Å². The molecule has 18 heavy (non-hydrogen) atoms. The lowest BCUT2D eigenvalue weighted by Gasteiger charge is -2.11. The molecule has 0 spiro atoms. The molecule has 2 rings (SSSR count). The molecule has 0 aliphatic carbocycles. The van der Waals surface area contributed by atoms with Crippen molar-refractivity contribution in [3.8, 4) is 0 Å². The molecule has 0 aliphatic heterocycles. The smallest absolute Gasteiger partial charge is 0.139 e. The van der Waals surface area contributed by atoms with Crippen molar-refractivity contribution < 1.29 is 4.39 Å². The van der Waals surface area contributed by atoms with Gasteiger partial charge in [0.25, 0.3) is 0 Å². The number of anilines is 3. The maximum absolute atomic E-state index is 13.3. The van der Waals surface area contributed by atoms with E-state index in [1.807, 2.05) is 25.1 Å². The number of halogens is 3. The number of hydrogen-bond donors (Lipinski definition) is 2. The Balaban J connectivity index is 2.34. The van der Waals surface area contributed by atoms with Crippen LogP contribution in [0.5, 0.6) is 0 Å². The summed E-state index contributed by atoms with van der Waals surface area (Å²) >= 11 is 6.58. The SMILES string of the molecule is Cc1cc(Nc2cc(Br)c(F)cc2N)ccc1Br. The Hall–Kier alpha value is -1.07. The van der Waals surface area contributed by atoms with Crippen LogP contribution in [-0.2, 0) is 0 Å². The summed E-state index contributed by atoms with van der Waals surface area (Å²) < 4.78 is 14.7. The minimum atomic E-state index is -0.370. The first-order chi connectivity index (χ1) is 8.47. The molecule has 0 atom stereocenters. The van der Waals surface area contributed by atoms with Gasteiger partial charge in [0.05, 0.1) is 15.8 Å². The molecular formula is C13H11Br2FN2. The second-order valence-corrected chi connectivity index (χ2v) is 5.65. The summed E-state index contributed by atoms with van der Waals surface area (Å²) in [7, 11) is 0. The van der Waals surface area contributed by atoms with Gasteiger partial charge in [-0.1, -0.05) is 15.9 Å². The first kappa shape index (κ1) is 13.4. The van der Waals surface area contributed by atoms with E-state index in [4.69, 9.17) is 5.73 Å². The van der Waals surface area contributed by atoms with Crippen LogP contribution in [0.15, 0.2) is 39.3 Å². The summed E-state index contributed by atoms with van der Waals surface area (Å²) in [4.78, 5) is 0. The number of nitrogens with two attached hydrogens (primary N) is 1.